The van der Waals surface area contributed by atoms with E-state index in [-0.39, 0.29) is 71.3 Å². The molecule has 3 aliphatic heterocycles. The van der Waals surface area contributed by atoms with E-state index in [1.54, 1.807) is 0 Å². The van der Waals surface area contributed by atoms with Gasteiger partial charge in [0.15, 0.2) is 0 Å². The molecule has 8 nitrogen and oxygen atoms in total. The Morgan fingerprint density at radius 3 is 2.39 bits per heavy atom. The fourth-order valence-corrected chi connectivity index (χ4v) is 4.84. The highest BCUT2D eigenvalue weighted by molar-refractivity contribution is 6.13. The van der Waals surface area contributed by atoms with Gasteiger partial charge in [0.05, 0.1) is 38.1 Å². The fourth-order valence-electron chi connectivity index (χ4n) is 4.84. The molecule has 0 aliphatic carbocycles. The van der Waals surface area contributed by atoms with E-state index in [0.29, 0.717) is 19.8 Å². The van der Waals surface area contributed by atoms with Gasteiger partial charge in [-0.05, 0) is 24.7 Å². The molecule has 33 heavy (non-hydrogen) atoms. The molecule has 3 rings (SSSR count). The molecule has 0 aromatic carbocycles. The Morgan fingerprint density at radius 2 is 1.88 bits per heavy atom. The van der Waals surface area contributed by atoms with Crippen LogP contribution < -0.4 is 5.32 Å². The van der Waals surface area contributed by atoms with E-state index in [1.165, 1.54) is 12.2 Å². The summed E-state index contributed by atoms with van der Waals surface area (Å²) in [7, 11) is 0. The molecule has 3 aliphatic rings. The molecule has 3 heterocycles. The molecule has 0 spiro atoms. The lowest BCUT2D eigenvalue weighted by Gasteiger charge is -2.51. The minimum atomic E-state index is -0.377. The van der Waals surface area contributed by atoms with Crippen molar-refractivity contribution in [2.45, 2.75) is 85.2 Å². The number of amides is 3. The van der Waals surface area contributed by atoms with Crippen molar-refractivity contribution in [2.75, 3.05) is 26.4 Å². The molecule has 2 fully saturated rings. The first kappa shape index (κ1) is 25.8. The summed E-state index contributed by atoms with van der Waals surface area (Å²) >= 11 is 0. The first-order chi connectivity index (χ1) is 15.3. The molecule has 186 valence electrons. The van der Waals surface area contributed by atoms with Crippen molar-refractivity contribution in [2.24, 2.45) is 16.7 Å². The number of nitrogens with one attached hydrogen (secondary N) is 1. The number of epoxide rings is 1. The van der Waals surface area contributed by atoms with Gasteiger partial charge in [-0.3, -0.25) is 19.3 Å². The third kappa shape index (κ3) is 5.49. The molecular weight excluding hydrogens is 424 g/mol. The lowest BCUT2D eigenvalue weighted by Crippen LogP contribution is -2.64. The Kier molecular flexibility index (Phi) is 7.42. The van der Waals surface area contributed by atoms with Gasteiger partial charge < -0.3 is 19.5 Å². The van der Waals surface area contributed by atoms with Crippen LogP contribution in [0.2, 0.25) is 0 Å². The minimum absolute atomic E-state index is 0.0621. The maximum atomic E-state index is 12.6. The Labute approximate surface area is 197 Å². The van der Waals surface area contributed by atoms with Gasteiger partial charge in [-0.2, -0.15) is 0 Å². The zero-order valence-electron chi connectivity index (χ0n) is 21.1. The zero-order valence-corrected chi connectivity index (χ0v) is 21.1. The maximum absolute atomic E-state index is 12.6. The van der Waals surface area contributed by atoms with Gasteiger partial charge in [-0.15, -0.1) is 0 Å². The van der Waals surface area contributed by atoms with Gasteiger partial charge in [0, 0.05) is 30.5 Å². The van der Waals surface area contributed by atoms with E-state index < -0.39 is 0 Å². The average molecular weight is 465 g/mol. The molecule has 8 heteroatoms. The summed E-state index contributed by atoms with van der Waals surface area (Å²) < 4.78 is 18.1. The second-order valence-electron chi connectivity index (χ2n) is 11.3. The molecular formula is C25H40N2O6. The third-order valence-electron chi connectivity index (χ3n) is 7.44. The number of carbonyl (C=O) groups is 3. The predicted octanol–water partition coefficient (Wildman–Crippen LogP) is 2.46. The Morgan fingerprint density at radius 1 is 1.24 bits per heavy atom. The number of carbonyl (C=O) groups excluding carboxylic acids is 3. The van der Waals surface area contributed by atoms with Crippen LogP contribution in [0.4, 0.5) is 0 Å². The third-order valence-corrected chi connectivity index (χ3v) is 7.44. The highest BCUT2D eigenvalue weighted by Crippen LogP contribution is 2.49. The van der Waals surface area contributed by atoms with Crippen molar-refractivity contribution in [3.05, 3.63) is 12.2 Å². The Hall–Kier alpha value is -1.77. The number of rotatable bonds is 12. The van der Waals surface area contributed by atoms with E-state index in [0.717, 1.165) is 11.3 Å². The van der Waals surface area contributed by atoms with E-state index in [2.05, 4.69) is 39.9 Å². The lowest BCUT2D eigenvalue weighted by atomic mass is 9.74. The second-order valence-corrected chi connectivity index (χ2v) is 11.3. The molecule has 0 saturated carbocycles. The van der Waals surface area contributed by atoms with E-state index >= 15 is 0 Å². The van der Waals surface area contributed by atoms with Gasteiger partial charge in [0.2, 0.25) is 5.91 Å². The van der Waals surface area contributed by atoms with Gasteiger partial charge in [0.25, 0.3) is 11.8 Å². The molecule has 0 radical (unpaired) electrons. The average Bonchev–Trinajstić information content (AvgIpc) is 3.32. The summed E-state index contributed by atoms with van der Waals surface area (Å²) in [5.74, 6) is -0.811. The molecule has 0 aromatic heterocycles. The molecule has 5 unspecified atom stereocenters. The Bertz CT molecular complexity index is 791. The van der Waals surface area contributed by atoms with Crippen LogP contribution in [-0.4, -0.2) is 72.8 Å². The summed E-state index contributed by atoms with van der Waals surface area (Å²) in [4.78, 5) is 37.1. The largest absolute Gasteiger partial charge is 0.378 e. The summed E-state index contributed by atoms with van der Waals surface area (Å²) in [6.45, 7) is 16.6. The summed E-state index contributed by atoms with van der Waals surface area (Å²) in [6.07, 6.45) is 3.59. The first-order valence-corrected chi connectivity index (χ1v) is 12.0. The molecule has 0 aromatic rings. The first-order valence-electron chi connectivity index (χ1n) is 12.0. The van der Waals surface area contributed by atoms with Crippen LogP contribution in [0, 0.1) is 16.7 Å². The lowest BCUT2D eigenvalue weighted by molar-refractivity contribution is -0.220. The number of imide groups is 1. The highest BCUT2D eigenvalue weighted by Gasteiger charge is 2.59. The van der Waals surface area contributed by atoms with Gasteiger partial charge in [-0.1, -0.05) is 41.5 Å². The van der Waals surface area contributed by atoms with Crippen molar-refractivity contribution in [3.8, 4) is 0 Å². The fraction of sp³-hybridized carbons (Fsp3) is 0.800. The quantitative estimate of drug-likeness (QED) is 0.352. The standard InChI is InChI=1S/C25H40N2O6/c1-8-23(4,5)22-25(7,33-22)15-31-13-24(6)14-32-21(24)20(16(2)3)26-17(28)11-12-27-18(29)9-10-19(27)30/h9-10,16,20-22H,8,11-15H2,1-7H3,(H,26,28). The maximum Gasteiger partial charge on any atom is 0.253 e. The van der Waals surface area contributed by atoms with Crippen LogP contribution in [0.3, 0.4) is 0 Å². The number of nitrogens with zero attached hydrogens (tertiary/aromatic N) is 1. The smallest absolute Gasteiger partial charge is 0.253 e. The van der Waals surface area contributed by atoms with Crippen molar-refractivity contribution in [1.82, 2.24) is 10.2 Å². The predicted molar refractivity (Wildman–Crippen MR) is 123 cm³/mol. The molecule has 3 amide bonds. The zero-order chi connectivity index (χ0) is 24.6. The van der Waals surface area contributed by atoms with Crippen LogP contribution in [0.5, 0.6) is 0 Å². The van der Waals surface area contributed by atoms with Crippen LogP contribution in [0.15, 0.2) is 12.2 Å². The van der Waals surface area contributed by atoms with E-state index in [1.807, 2.05) is 13.8 Å². The van der Waals surface area contributed by atoms with Crippen LogP contribution in [0.1, 0.15) is 61.3 Å². The molecule has 2 saturated heterocycles. The van der Waals surface area contributed by atoms with Crippen LogP contribution in [0.25, 0.3) is 0 Å². The van der Waals surface area contributed by atoms with Crippen molar-refractivity contribution >= 4 is 17.7 Å². The number of hydrogen-bond acceptors (Lipinski definition) is 6. The number of hydrogen-bond donors (Lipinski definition) is 1. The van der Waals surface area contributed by atoms with Crippen molar-refractivity contribution in [1.29, 1.82) is 0 Å². The van der Waals surface area contributed by atoms with Crippen molar-refractivity contribution in [3.63, 3.8) is 0 Å². The van der Waals surface area contributed by atoms with E-state index in [4.69, 9.17) is 14.2 Å². The van der Waals surface area contributed by atoms with Crippen molar-refractivity contribution < 1.29 is 28.6 Å². The highest BCUT2D eigenvalue weighted by atomic mass is 16.6. The van der Waals surface area contributed by atoms with Gasteiger partial charge in [0.1, 0.15) is 5.60 Å². The molecule has 5 atom stereocenters. The summed E-state index contributed by atoms with van der Waals surface area (Å²) in [5.41, 5.74) is -0.341. The minimum Gasteiger partial charge on any atom is -0.378 e. The monoisotopic (exact) mass is 464 g/mol. The Balaban J connectivity index is 1.49. The van der Waals surface area contributed by atoms with Gasteiger partial charge >= 0.3 is 0 Å². The molecule has 1 N–H and O–H groups in total. The van der Waals surface area contributed by atoms with Crippen LogP contribution >= 0.6 is 0 Å². The summed E-state index contributed by atoms with van der Waals surface area (Å²) in [5, 5.41) is 3.07. The van der Waals surface area contributed by atoms with Crippen LogP contribution in [-0.2, 0) is 28.6 Å². The van der Waals surface area contributed by atoms with Gasteiger partial charge in [-0.25, -0.2) is 0 Å². The number of ether oxygens (including phenoxy) is 3. The topological polar surface area (TPSA) is 97.5 Å². The molecule has 0 bridgehead atoms. The second kappa shape index (κ2) is 9.47. The summed E-state index contributed by atoms with van der Waals surface area (Å²) in [6, 6.07) is -0.192. The normalized spacial score (nSPS) is 32.3. The van der Waals surface area contributed by atoms with E-state index in [9.17, 15) is 14.4 Å². The SMILES string of the molecule is CCC(C)(C)C1OC1(C)COCC1(C)COC1C(NC(=O)CCN1C(=O)C=CC1=O)C(C)C.